The van der Waals surface area contributed by atoms with Crippen LogP contribution in [0, 0.1) is 3.57 Å². The van der Waals surface area contributed by atoms with Crippen LogP contribution in [0.5, 0.6) is 0 Å². The summed E-state index contributed by atoms with van der Waals surface area (Å²) in [7, 11) is 0.274. The highest BCUT2D eigenvalue weighted by molar-refractivity contribution is 14.1. The first kappa shape index (κ1) is 13.0. The van der Waals surface area contributed by atoms with Crippen molar-refractivity contribution in [2.45, 2.75) is 13.8 Å². The molecule has 0 radical (unpaired) electrons. The van der Waals surface area contributed by atoms with Crippen molar-refractivity contribution in [2.24, 2.45) is 0 Å². The van der Waals surface area contributed by atoms with E-state index in [1.165, 1.54) is 3.57 Å². The molecular formula is C12H16IOS+. The van der Waals surface area contributed by atoms with Gasteiger partial charge in [0.15, 0.2) is 5.75 Å². The summed E-state index contributed by atoms with van der Waals surface area (Å²) < 4.78 is 1.18. The highest BCUT2D eigenvalue weighted by atomic mass is 127. The van der Waals surface area contributed by atoms with Crippen molar-refractivity contribution in [1.29, 1.82) is 0 Å². The van der Waals surface area contributed by atoms with E-state index in [0.717, 1.165) is 17.1 Å². The van der Waals surface area contributed by atoms with Crippen molar-refractivity contribution in [2.75, 3.05) is 17.3 Å². The van der Waals surface area contributed by atoms with Gasteiger partial charge in [-0.3, -0.25) is 4.79 Å². The van der Waals surface area contributed by atoms with E-state index in [-0.39, 0.29) is 10.9 Å². The van der Waals surface area contributed by atoms with E-state index in [4.69, 9.17) is 0 Å². The molecule has 0 aliphatic heterocycles. The number of rotatable bonds is 5. The van der Waals surface area contributed by atoms with Crippen molar-refractivity contribution < 1.29 is 4.79 Å². The summed E-state index contributed by atoms with van der Waals surface area (Å²) in [6.07, 6.45) is 0. The zero-order valence-electron chi connectivity index (χ0n) is 9.13. The van der Waals surface area contributed by atoms with Crippen LogP contribution >= 0.6 is 22.6 Å². The van der Waals surface area contributed by atoms with Crippen LogP contribution in [0.2, 0.25) is 0 Å². The predicted molar refractivity (Wildman–Crippen MR) is 76.8 cm³/mol. The van der Waals surface area contributed by atoms with Gasteiger partial charge in [0.05, 0.1) is 0 Å². The van der Waals surface area contributed by atoms with Gasteiger partial charge in [-0.05, 0) is 59.5 Å². The highest BCUT2D eigenvalue weighted by Crippen LogP contribution is 2.09. The molecule has 0 aliphatic carbocycles. The van der Waals surface area contributed by atoms with E-state index in [0.29, 0.717) is 11.5 Å². The first-order chi connectivity index (χ1) is 7.17. The number of hydrogen-bond donors (Lipinski definition) is 0. The predicted octanol–water partition coefficient (Wildman–Crippen LogP) is 3.13. The maximum absolute atomic E-state index is 11.9. The lowest BCUT2D eigenvalue weighted by Gasteiger charge is -2.03. The molecule has 0 N–H and O–H groups in total. The maximum atomic E-state index is 11.9. The monoisotopic (exact) mass is 335 g/mol. The average molecular weight is 335 g/mol. The van der Waals surface area contributed by atoms with E-state index >= 15 is 0 Å². The van der Waals surface area contributed by atoms with Crippen LogP contribution in [-0.4, -0.2) is 23.0 Å². The average Bonchev–Trinajstić information content (AvgIpc) is 2.26. The van der Waals surface area contributed by atoms with Gasteiger partial charge in [0, 0.05) is 9.13 Å². The van der Waals surface area contributed by atoms with Crippen molar-refractivity contribution >= 4 is 39.3 Å². The quantitative estimate of drug-likeness (QED) is 0.459. The smallest absolute Gasteiger partial charge is 0.211 e. The summed E-state index contributed by atoms with van der Waals surface area (Å²) in [5, 5.41) is 0. The molecule has 0 fully saturated rings. The van der Waals surface area contributed by atoms with Crippen LogP contribution in [0.15, 0.2) is 24.3 Å². The molecule has 0 amide bonds. The molecular weight excluding hydrogens is 319 g/mol. The first-order valence-electron chi connectivity index (χ1n) is 5.10. The number of hydrogen-bond acceptors (Lipinski definition) is 1. The Morgan fingerprint density at radius 1 is 1.20 bits per heavy atom. The van der Waals surface area contributed by atoms with E-state index in [1.807, 2.05) is 24.3 Å². The summed E-state index contributed by atoms with van der Waals surface area (Å²) in [6, 6.07) is 7.83. The molecule has 0 aromatic heterocycles. The van der Waals surface area contributed by atoms with Gasteiger partial charge in [-0.25, -0.2) is 0 Å². The second-order valence-electron chi connectivity index (χ2n) is 3.26. The Morgan fingerprint density at radius 2 is 1.73 bits per heavy atom. The van der Waals surface area contributed by atoms with Gasteiger partial charge in [-0.2, -0.15) is 0 Å². The van der Waals surface area contributed by atoms with Gasteiger partial charge in [0.1, 0.15) is 11.5 Å². The zero-order chi connectivity index (χ0) is 11.3. The van der Waals surface area contributed by atoms with E-state index in [9.17, 15) is 4.79 Å². The number of halogens is 1. The maximum Gasteiger partial charge on any atom is 0.211 e. The third-order valence-electron chi connectivity index (χ3n) is 2.32. The molecule has 82 valence electrons. The largest absolute Gasteiger partial charge is 0.289 e. The fourth-order valence-electron chi connectivity index (χ4n) is 1.31. The van der Waals surface area contributed by atoms with Gasteiger partial charge in [-0.1, -0.05) is 12.1 Å². The Labute approximate surface area is 108 Å². The van der Waals surface area contributed by atoms with Crippen LogP contribution in [0.4, 0.5) is 0 Å². The second kappa shape index (κ2) is 6.53. The molecule has 1 aromatic carbocycles. The molecule has 0 saturated carbocycles. The Bertz CT molecular complexity index is 317. The number of benzene rings is 1. The third kappa shape index (κ3) is 4.15. The zero-order valence-corrected chi connectivity index (χ0v) is 12.1. The summed E-state index contributed by atoms with van der Waals surface area (Å²) in [5.74, 6) is 3.24. The Kier molecular flexibility index (Phi) is 5.68. The number of carbonyl (C=O) groups is 1. The van der Waals surface area contributed by atoms with Crippen LogP contribution < -0.4 is 0 Å². The summed E-state index contributed by atoms with van der Waals surface area (Å²) in [6.45, 7) is 4.32. The van der Waals surface area contributed by atoms with Crippen molar-refractivity contribution in [1.82, 2.24) is 0 Å². The lowest BCUT2D eigenvalue weighted by atomic mass is 10.2. The van der Waals surface area contributed by atoms with Crippen molar-refractivity contribution in [3.05, 3.63) is 33.4 Å². The summed E-state index contributed by atoms with van der Waals surface area (Å²) >= 11 is 2.25. The minimum atomic E-state index is 0.274. The molecule has 0 spiro atoms. The lowest BCUT2D eigenvalue weighted by Crippen LogP contribution is -2.20. The molecule has 1 aromatic rings. The molecule has 0 atom stereocenters. The standard InChI is InChI=1S/C12H16IOS/c1-3-15(4-2)9-12(14)10-5-7-11(13)8-6-10/h5-8H,3-4,9H2,1-2H3/q+1. The van der Waals surface area contributed by atoms with Gasteiger partial charge in [-0.15, -0.1) is 0 Å². The molecule has 0 unspecified atom stereocenters. The molecule has 0 heterocycles. The van der Waals surface area contributed by atoms with Gasteiger partial charge < -0.3 is 0 Å². The number of ketones is 1. The van der Waals surface area contributed by atoms with Crippen molar-refractivity contribution in [3.8, 4) is 0 Å². The summed E-state index contributed by atoms with van der Waals surface area (Å²) in [4.78, 5) is 11.9. The Morgan fingerprint density at radius 3 is 2.20 bits per heavy atom. The van der Waals surface area contributed by atoms with Gasteiger partial charge >= 0.3 is 0 Å². The molecule has 3 heteroatoms. The number of carbonyl (C=O) groups excluding carboxylic acids is 1. The normalized spacial score (nSPS) is 10.7. The second-order valence-corrected chi connectivity index (χ2v) is 7.18. The third-order valence-corrected chi connectivity index (χ3v) is 5.34. The minimum absolute atomic E-state index is 0.274. The van der Waals surface area contributed by atoms with Gasteiger partial charge in [0.2, 0.25) is 5.78 Å². The fourth-order valence-corrected chi connectivity index (χ4v) is 3.03. The van der Waals surface area contributed by atoms with E-state index in [1.54, 1.807) is 0 Å². The minimum Gasteiger partial charge on any atom is -0.289 e. The topological polar surface area (TPSA) is 17.1 Å². The molecule has 0 aliphatic rings. The molecule has 15 heavy (non-hydrogen) atoms. The number of Topliss-reactive ketones (excluding diaryl/α,β-unsaturated/α-hetero) is 1. The van der Waals surface area contributed by atoms with Crippen molar-refractivity contribution in [3.63, 3.8) is 0 Å². The molecule has 1 nitrogen and oxygen atoms in total. The van der Waals surface area contributed by atoms with Gasteiger partial charge in [0.25, 0.3) is 0 Å². The van der Waals surface area contributed by atoms with Crippen LogP contribution in [0.3, 0.4) is 0 Å². The lowest BCUT2D eigenvalue weighted by molar-refractivity contribution is 0.102. The Balaban J connectivity index is 2.64. The van der Waals surface area contributed by atoms with E-state index in [2.05, 4.69) is 36.4 Å². The Hall–Kier alpha value is -0.0300. The van der Waals surface area contributed by atoms with Crippen LogP contribution in [0.25, 0.3) is 0 Å². The highest BCUT2D eigenvalue weighted by Gasteiger charge is 2.19. The van der Waals surface area contributed by atoms with E-state index < -0.39 is 0 Å². The first-order valence-corrected chi connectivity index (χ1v) is 7.91. The SMILES string of the molecule is CC[S+](CC)CC(=O)c1ccc(I)cc1. The van der Waals surface area contributed by atoms with Crippen LogP contribution in [-0.2, 0) is 10.9 Å². The fraction of sp³-hybridized carbons (Fsp3) is 0.417. The molecule has 0 saturated heterocycles. The summed E-state index contributed by atoms with van der Waals surface area (Å²) in [5.41, 5.74) is 0.856. The molecule has 1 rings (SSSR count). The van der Waals surface area contributed by atoms with Crippen LogP contribution in [0.1, 0.15) is 24.2 Å². The molecule has 0 bridgehead atoms.